The third kappa shape index (κ3) is 4.25. The second-order valence-corrected chi connectivity index (χ2v) is 8.82. The molecule has 0 unspecified atom stereocenters. The molecule has 2 heterocycles. The van der Waals surface area contributed by atoms with Gasteiger partial charge >= 0.3 is 0 Å². The van der Waals surface area contributed by atoms with Crippen LogP contribution in [0.5, 0.6) is 5.75 Å². The molecular weight excluding hydrogens is 406 g/mol. The third-order valence-corrected chi connectivity index (χ3v) is 6.41. The van der Waals surface area contributed by atoms with Crippen molar-refractivity contribution in [1.82, 2.24) is 4.98 Å². The molecule has 31 heavy (non-hydrogen) atoms. The lowest BCUT2D eigenvalue weighted by atomic mass is 10.1. The Hall–Kier alpha value is -3.38. The van der Waals surface area contributed by atoms with Gasteiger partial charge in [0.05, 0.1) is 28.4 Å². The Labute approximate surface area is 185 Å². The molecule has 156 valence electrons. The van der Waals surface area contributed by atoms with Gasteiger partial charge in [0.15, 0.2) is 5.13 Å². The number of aromatic nitrogens is 1. The first-order valence-corrected chi connectivity index (χ1v) is 11.2. The van der Waals surface area contributed by atoms with Gasteiger partial charge in [0.1, 0.15) is 12.4 Å². The van der Waals surface area contributed by atoms with E-state index in [0.717, 1.165) is 33.8 Å². The van der Waals surface area contributed by atoms with Crippen LogP contribution in [0.3, 0.4) is 0 Å². The van der Waals surface area contributed by atoms with Gasteiger partial charge in [0, 0.05) is 6.54 Å². The molecule has 1 aliphatic rings. The summed E-state index contributed by atoms with van der Waals surface area (Å²) < 4.78 is 7.11. The van der Waals surface area contributed by atoms with Gasteiger partial charge < -0.3 is 15.0 Å². The van der Waals surface area contributed by atoms with E-state index in [1.165, 1.54) is 16.9 Å². The second kappa shape index (κ2) is 8.40. The molecule has 0 radical (unpaired) electrons. The van der Waals surface area contributed by atoms with Crippen LogP contribution in [0.4, 0.5) is 10.8 Å². The molecule has 0 bridgehead atoms. The standard InChI is InChI=1S/C25H23N3O2S/c1-17-11-12-21-22(13-17)30-16-19(28(21)15-18-7-3-2-4-8-18)14-24(29)27-25-26-20-9-5-6-10-23(20)31-25/h2-13,19H,14-16H2,1H3,(H,26,27,29)/t19-/m0/s1. The van der Waals surface area contributed by atoms with Gasteiger partial charge in [-0.15, -0.1) is 0 Å². The van der Waals surface area contributed by atoms with Gasteiger partial charge in [-0.2, -0.15) is 0 Å². The van der Waals surface area contributed by atoms with Gasteiger partial charge in [0.2, 0.25) is 5.91 Å². The molecule has 0 fully saturated rings. The summed E-state index contributed by atoms with van der Waals surface area (Å²) in [6, 6.07) is 24.4. The Morgan fingerprint density at radius 1 is 1.13 bits per heavy atom. The summed E-state index contributed by atoms with van der Waals surface area (Å²) in [5.74, 6) is 0.819. The molecule has 1 atom stereocenters. The van der Waals surface area contributed by atoms with Gasteiger partial charge in [-0.1, -0.05) is 59.9 Å². The number of ether oxygens (including phenoxy) is 1. The lowest BCUT2D eigenvalue weighted by Crippen LogP contribution is -2.44. The number of amides is 1. The summed E-state index contributed by atoms with van der Waals surface area (Å²) in [5.41, 5.74) is 4.29. The van der Waals surface area contributed by atoms with Crippen molar-refractivity contribution in [2.45, 2.75) is 25.9 Å². The summed E-state index contributed by atoms with van der Waals surface area (Å²) in [7, 11) is 0. The minimum absolute atomic E-state index is 0.0544. The summed E-state index contributed by atoms with van der Waals surface area (Å²) in [5, 5.41) is 3.62. The smallest absolute Gasteiger partial charge is 0.228 e. The fourth-order valence-electron chi connectivity index (χ4n) is 3.92. The maximum Gasteiger partial charge on any atom is 0.228 e. The highest BCUT2D eigenvalue weighted by Gasteiger charge is 2.30. The largest absolute Gasteiger partial charge is 0.489 e. The lowest BCUT2D eigenvalue weighted by molar-refractivity contribution is -0.116. The van der Waals surface area contributed by atoms with Crippen LogP contribution in [0.15, 0.2) is 72.8 Å². The zero-order chi connectivity index (χ0) is 21.2. The minimum Gasteiger partial charge on any atom is -0.489 e. The van der Waals surface area contributed by atoms with Gasteiger partial charge in [-0.25, -0.2) is 4.98 Å². The Morgan fingerprint density at radius 3 is 2.77 bits per heavy atom. The van der Waals surface area contributed by atoms with E-state index in [1.807, 2.05) is 42.5 Å². The molecule has 1 aliphatic heterocycles. The number of nitrogens with zero attached hydrogens (tertiary/aromatic N) is 2. The number of carbonyl (C=O) groups is 1. The van der Waals surface area contributed by atoms with E-state index in [0.29, 0.717) is 18.2 Å². The molecule has 3 aromatic carbocycles. The number of para-hydroxylation sites is 1. The number of nitrogens with one attached hydrogen (secondary N) is 1. The summed E-state index contributed by atoms with van der Waals surface area (Å²) in [6.07, 6.45) is 0.329. The predicted octanol–water partition coefficient (Wildman–Crippen LogP) is 5.40. The average Bonchev–Trinajstić information content (AvgIpc) is 3.18. The highest BCUT2D eigenvalue weighted by atomic mass is 32.1. The number of hydrogen-bond donors (Lipinski definition) is 1. The van der Waals surface area contributed by atoms with Crippen molar-refractivity contribution in [2.24, 2.45) is 0 Å². The van der Waals surface area contributed by atoms with Crippen LogP contribution in [0.2, 0.25) is 0 Å². The first-order valence-electron chi connectivity index (χ1n) is 10.4. The first-order chi connectivity index (χ1) is 15.2. The van der Waals surface area contributed by atoms with Crippen molar-refractivity contribution in [3.05, 3.63) is 83.9 Å². The zero-order valence-electron chi connectivity index (χ0n) is 17.2. The summed E-state index contributed by atoms with van der Waals surface area (Å²) in [4.78, 5) is 19.7. The number of thiazole rings is 1. The van der Waals surface area contributed by atoms with Crippen LogP contribution in [0, 0.1) is 6.92 Å². The number of anilines is 2. The fourth-order valence-corrected chi connectivity index (χ4v) is 4.80. The van der Waals surface area contributed by atoms with Crippen LogP contribution >= 0.6 is 11.3 Å². The molecule has 0 saturated heterocycles. The Kier molecular flexibility index (Phi) is 5.30. The van der Waals surface area contributed by atoms with Crippen LogP contribution < -0.4 is 15.0 Å². The molecule has 1 aromatic heterocycles. The monoisotopic (exact) mass is 429 g/mol. The van der Waals surface area contributed by atoms with Gasteiger partial charge in [0.25, 0.3) is 0 Å². The van der Waals surface area contributed by atoms with E-state index in [4.69, 9.17) is 4.74 Å². The molecule has 6 heteroatoms. The molecule has 1 amide bonds. The summed E-state index contributed by atoms with van der Waals surface area (Å²) in [6.45, 7) is 3.25. The van der Waals surface area contributed by atoms with E-state index >= 15 is 0 Å². The normalized spacial score (nSPS) is 15.4. The Bertz CT molecular complexity index is 1190. The number of fused-ring (bicyclic) bond motifs is 2. The number of benzene rings is 3. The van der Waals surface area contributed by atoms with Crippen molar-refractivity contribution in [1.29, 1.82) is 0 Å². The topological polar surface area (TPSA) is 54.5 Å². The maximum absolute atomic E-state index is 12.9. The lowest BCUT2D eigenvalue weighted by Gasteiger charge is -2.38. The van der Waals surface area contributed by atoms with Crippen molar-refractivity contribution < 1.29 is 9.53 Å². The molecule has 0 spiro atoms. The van der Waals surface area contributed by atoms with Gasteiger partial charge in [-0.05, 0) is 42.3 Å². The van der Waals surface area contributed by atoms with E-state index in [9.17, 15) is 4.79 Å². The molecule has 4 aromatic rings. The second-order valence-electron chi connectivity index (χ2n) is 7.79. The number of aryl methyl sites for hydroxylation is 1. The number of hydrogen-bond acceptors (Lipinski definition) is 5. The quantitative estimate of drug-likeness (QED) is 0.461. The molecule has 5 nitrogen and oxygen atoms in total. The first kappa shape index (κ1) is 19.6. The van der Waals surface area contributed by atoms with E-state index in [-0.39, 0.29) is 11.9 Å². The van der Waals surface area contributed by atoms with Gasteiger partial charge in [-0.3, -0.25) is 4.79 Å². The molecule has 0 saturated carbocycles. The summed E-state index contributed by atoms with van der Waals surface area (Å²) >= 11 is 1.49. The van der Waals surface area contributed by atoms with E-state index in [1.54, 1.807) is 0 Å². The van der Waals surface area contributed by atoms with Crippen LogP contribution in [-0.2, 0) is 11.3 Å². The third-order valence-electron chi connectivity index (χ3n) is 5.45. The molecule has 0 aliphatic carbocycles. The van der Waals surface area contributed by atoms with Crippen molar-refractivity contribution in [3.63, 3.8) is 0 Å². The Balaban J connectivity index is 1.37. The number of rotatable bonds is 5. The Morgan fingerprint density at radius 2 is 1.94 bits per heavy atom. The SMILES string of the molecule is Cc1ccc2c(c1)OC[C@H](CC(=O)Nc1nc3ccccc3s1)N2Cc1ccccc1. The van der Waals surface area contributed by atoms with Crippen molar-refractivity contribution in [2.75, 3.05) is 16.8 Å². The number of carbonyl (C=O) groups excluding carboxylic acids is 1. The van der Waals surface area contributed by atoms with Crippen LogP contribution in [-0.4, -0.2) is 23.5 Å². The van der Waals surface area contributed by atoms with E-state index < -0.39 is 0 Å². The van der Waals surface area contributed by atoms with E-state index in [2.05, 4.69) is 52.5 Å². The molecule has 5 rings (SSSR count). The molecular formula is C25H23N3O2S. The predicted molar refractivity (Wildman–Crippen MR) is 126 cm³/mol. The maximum atomic E-state index is 12.9. The van der Waals surface area contributed by atoms with Crippen LogP contribution in [0.1, 0.15) is 17.5 Å². The fraction of sp³-hybridized carbons (Fsp3) is 0.200. The molecule has 1 N–H and O–H groups in total. The average molecular weight is 430 g/mol. The minimum atomic E-state index is -0.0650. The highest BCUT2D eigenvalue weighted by molar-refractivity contribution is 7.22. The van der Waals surface area contributed by atoms with Crippen molar-refractivity contribution >= 4 is 38.3 Å². The zero-order valence-corrected chi connectivity index (χ0v) is 18.1. The highest BCUT2D eigenvalue weighted by Crippen LogP contribution is 2.36. The van der Waals surface area contributed by atoms with Crippen LogP contribution in [0.25, 0.3) is 10.2 Å². The van der Waals surface area contributed by atoms with Crippen molar-refractivity contribution in [3.8, 4) is 5.75 Å².